The summed E-state index contributed by atoms with van der Waals surface area (Å²) in [5.74, 6) is -0.883. The predicted octanol–water partition coefficient (Wildman–Crippen LogP) is 1.80. The molecule has 0 aromatic carbocycles. The van der Waals surface area contributed by atoms with E-state index in [0.29, 0.717) is 6.61 Å². The van der Waals surface area contributed by atoms with Crippen molar-refractivity contribution in [3.05, 3.63) is 0 Å². The normalized spacial score (nSPS) is 8.88. The summed E-state index contributed by atoms with van der Waals surface area (Å²) in [7, 11) is 0. The Morgan fingerprint density at radius 2 is 1.53 bits per heavy atom. The Hall–Kier alpha value is 0.390. The maximum absolute atomic E-state index is 10.0. The van der Waals surface area contributed by atoms with Crippen molar-refractivity contribution in [3.8, 4) is 0 Å². The molecule has 0 aromatic rings. The van der Waals surface area contributed by atoms with Gasteiger partial charge in [0.2, 0.25) is 0 Å². The van der Waals surface area contributed by atoms with Crippen LogP contribution in [-0.4, -0.2) is 65.6 Å². The third-order valence-electron chi connectivity index (χ3n) is 1.87. The van der Waals surface area contributed by atoms with Crippen LogP contribution in [0.1, 0.15) is 52.4 Å². The number of aliphatic hydroxyl groups is 1. The number of aliphatic carboxylic acids is 1. The molecule has 0 atom stereocenters. The standard InChI is InChI=1S/C10H20O3.C2H6O.Na.H/c1-2-3-4-5-6-7-8-13-9-10(11)12;1-2-3;;/h2-9H2,1H3,(H,11,12);3H,2H2,1H3;;. The van der Waals surface area contributed by atoms with E-state index in [-0.39, 0.29) is 42.8 Å². The second-order valence-corrected chi connectivity index (χ2v) is 3.53. The molecule has 0 amide bonds. The maximum atomic E-state index is 10.0. The summed E-state index contributed by atoms with van der Waals surface area (Å²) in [4.78, 5) is 10.0. The molecule has 0 aromatic heterocycles. The SMILES string of the molecule is CCCCCCCCOCC(=O)O.CCO.[NaH]. The van der Waals surface area contributed by atoms with Crippen LogP contribution in [0.3, 0.4) is 0 Å². The second-order valence-electron chi connectivity index (χ2n) is 3.53. The number of aliphatic hydroxyl groups excluding tert-OH is 1. The van der Waals surface area contributed by atoms with E-state index in [4.69, 9.17) is 14.9 Å². The molecule has 0 heterocycles. The van der Waals surface area contributed by atoms with Gasteiger partial charge >= 0.3 is 35.5 Å². The Morgan fingerprint density at radius 3 is 2.00 bits per heavy atom. The number of unbranched alkanes of at least 4 members (excludes halogenated alkanes) is 5. The van der Waals surface area contributed by atoms with Gasteiger partial charge < -0.3 is 14.9 Å². The Bertz CT molecular complexity index is 142. The van der Waals surface area contributed by atoms with E-state index in [2.05, 4.69) is 6.92 Å². The Labute approximate surface area is 127 Å². The Morgan fingerprint density at radius 1 is 1.06 bits per heavy atom. The van der Waals surface area contributed by atoms with Gasteiger partial charge in [-0.1, -0.05) is 39.0 Å². The van der Waals surface area contributed by atoms with E-state index in [1.165, 1.54) is 25.7 Å². The number of carboxylic acid groups (broad SMARTS) is 1. The van der Waals surface area contributed by atoms with E-state index < -0.39 is 5.97 Å². The fraction of sp³-hybridized carbons (Fsp3) is 0.917. The summed E-state index contributed by atoms with van der Waals surface area (Å²) in [5, 5.41) is 15.8. The molecule has 0 saturated heterocycles. The third-order valence-corrected chi connectivity index (χ3v) is 1.87. The molecule has 4 nitrogen and oxygen atoms in total. The number of ether oxygens (including phenoxy) is 1. The number of rotatable bonds is 9. The summed E-state index contributed by atoms with van der Waals surface area (Å²) in [6.45, 7) is 4.54. The van der Waals surface area contributed by atoms with Crippen LogP contribution >= 0.6 is 0 Å². The molecule has 0 spiro atoms. The van der Waals surface area contributed by atoms with E-state index in [1.54, 1.807) is 6.92 Å². The first-order valence-corrected chi connectivity index (χ1v) is 6.09. The Balaban J connectivity index is -0.000000440. The summed E-state index contributed by atoms with van der Waals surface area (Å²) < 4.78 is 4.90. The molecule has 17 heavy (non-hydrogen) atoms. The molecule has 0 saturated carbocycles. The quantitative estimate of drug-likeness (QED) is 0.489. The average Bonchev–Trinajstić information content (AvgIpc) is 2.23. The van der Waals surface area contributed by atoms with Crippen molar-refractivity contribution in [3.63, 3.8) is 0 Å². The number of hydrogen-bond donors (Lipinski definition) is 2. The Kier molecular flexibility index (Phi) is 28.7. The van der Waals surface area contributed by atoms with Crippen molar-refractivity contribution in [1.82, 2.24) is 0 Å². The molecule has 100 valence electrons. The predicted molar refractivity (Wildman–Crippen MR) is 71.7 cm³/mol. The molecular formula is C12H27NaO4. The summed E-state index contributed by atoms with van der Waals surface area (Å²) in [6, 6.07) is 0. The average molecular weight is 258 g/mol. The van der Waals surface area contributed by atoms with Gasteiger partial charge in [-0.3, -0.25) is 0 Å². The van der Waals surface area contributed by atoms with Gasteiger partial charge in [0.25, 0.3) is 0 Å². The molecule has 0 unspecified atom stereocenters. The third kappa shape index (κ3) is 31.4. The van der Waals surface area contributed by atoms with Gasteiger partial charge in [0.15, 0.2) is 0 Å². The van der Waals surface area contributed by atoms with Crippen molar-refractivity contribution in [2.45, 2.75) is 52.4 Å². The second kappa shape index (κ2) is 21.7. The van der Waals surface area contributed by atoms with Gasteiger partial charge in [0.05, 0.1) is 0 Å². The van der Waals surface area contributed by atoms with Crippen molar-refractivity contribution < 1.29 is 19.7 Å². The van der Waals surface area contributed by atoms with Gasteiger partial charge in [-0.2, -0.15) is 0 Å². The molecule has 0 fully saturated rings. The summed E-state index contributed by atoms with van der Waals surface area (Å²) in [5.41, 5.74) is 0. The zero-order valence-electron chi connectivity index (χ0n) is 10.6. The molecule has 5 heteroatoms. The number of carbonyl (C=O) groups is 1. The zero-order chi connectivity index (χ0) is 12.6. The van der Waals surface area contributed by atoms with Crippen LogP contribution in [0.5, 0.6) is 0 Å². The van der Waals surface area contributed by atoms with Crippen molar-refractivity contribution in [2.75, 3.05) is 19.8 Å². The van der Waals surface area contributed by atoms with Gasteiger partial charge in [-0.05, 0) is 13.3 Å². The monoisotopic (exact) mass is 258 g/mol. The molecule has 0 aliphatic carbocycles. The zero-order valence-corrected chi connectivity index (χ0v) is 10.6. The van der Waals surface area contributed by atoms with Crippen LogP contribution in [0.15, 0.2) is 0 Å². The fourth-order valence-electron chi connectivity index (χ4n) is 1.14. The van der Waals surface area contributed by atoms with E-state index in [0.717, 1.165) is 12.8 Å². The van der Waals surface area contributed by atoms with Gasteiger partial charge in [0, 0.05) is 13.2 Å². The van der Waals surface area contributed by atoms with Crippen LogP contribution in [0, 0.1) is 0 Å². The van der Waals surface area contributed by atoms with Gasteiger partial charge in [-0.25, -0.2) is 4.79 Å². The van der Waals surface area contributed by atoms with E-state index in [1.807, 2.05) is 0 Å². The molecule has 0 rings (SSSR count). The van der Waals surface area contributed by atoms with Crippen molar-refractivity contribution in [2.24, 2.45) is 0 Å². The van der Waals surface area contributed by atoms with Crippen molar-refractivity contribution >= 4 is 35.5 Å². The number of carboxylic acids is 1. The van der Waals surface area contributed by atoms with Gasteiger partial charge in [0.1, 0.15) is 6.61 Å². The molecule has 0 aliphatic heterocycles. The molecule has 2 N–H and O–H groups in total. The van der Waals surface area contributed by atoms with Crippen LogP contribution in [0.4, 0.5) is 0 Å². The summed E-state index contributed by atoms with van der Waals surface area (Å²) in [6.07, 6.45) is 7.22. The first kappa shape index (κ1) is 22.6. The van der Waals surface area contributed by atoms with Crippen LogP contribution in [0.2, 0.25) is 0 Å². The minimum atomic E-state index is -0.883. The first-order chi connectivity index (χ1) is 7.68. The molecule has 0 bridgehead atoms. The van der Waals surface area contributed by atoms with Crippen molar-refractivity contribution in [1.29, 1.82) is 0 Å². The van der Waals surface area contributed by atoms with E-state index in [9.17, 15) is 4.79 Å². The molecular weight excluding hydrogens is 231 g/mol. The van der Waals surface area contributed by atoms with Crippen LogP contribution in [-0.2, 0) is 9.53 Å². The fourth-order valence-corrected chi connectivity index (χ4v) is 1.14. The van der Waals surface area contributed by atoms with Crippen LogP contribution in [0.25, 0.3) is 0 Å². The molecule has 0 radical (unpaired) electrons. The topological polar surface area (TPSA) is 66.8 Å². The van der Waals surface area contributed by atoms with Crippen LogP contribution < -0.4 is 0 Å². The first-order valence-electron chi connectivity index (χ1n) is 6.09. The van der Waals surface area contributed by atoms with Gasteiger partial charge in [-0.15, -0.1) is 0 Å². The summed E-state index contributed by atoms with van der Waals surface area (Å²) >= 11 is 0. The number of hydrogen-bond acceptors (Lipinski definition) is 3. The minimum absolute atomic E-state index is 0. The van der Waals surface area contributed by atoms with E-state index >= 15 is 0 Å². The molecule has 0 aliphatic rings.